The van der Waals surface area contributed by atoms with E-state index in [4.69, 9.17) is 16.3 Å². The molecule has 3 aromatic rings. The highest BCUT2D eigenvalue weighted by atomic mass is 35.5. The lowest BCUT2D eigenvalue weighted by atomic mass is 10.2. The molecule has 0 fully saturated rings. The van der Waals surface area contributed by atoms with Crippen molar-refractivity contribution in [1.82, 2.24) is 14.6 Å². The van der Waals surface area contributed by atoms with Crippen LogP contribution in [0.2, 0.25) is 5.15 Å². The van der Waals surface area contributed by atoms with Gasteiger partial charge in [-0.05, 0) is 37.5 Å². The molecule has 24 heavy (non-hydrogen) atoms. The normalized spacial score (nSPS) is 11.2. The van der Waals surface area contributed by atoms with Crippen LogP contribution in [-0.2, 0) is 17.8 Å². The van der Waals surface area contributed by atoms with Crippen LogP contribution in [0.5, 0.6) is 0 Å². The first-order chi connectivity index (χ1) is 11.7. The van der Waals surface area contributed by atoms with Gasteiger partial charge < -0.3 is 4.74 Å². The van der Waals surface area contributed by atoms with E-state index in [2.05, 4.69) is 22.2 Å². The summed E-state index contributed by atoms with van der Waals surface area (Å²) in [5, 5.41) is 4.85. The third-order valence-electron chi connectivity index (χ3n) is 4.02. The first-order valence-electron chi connectivity index (χ1n) is 8.36. The predicted molar refractivity (Wildman–Crippen MR) is 96.4 cm³/mol. The molecule has 0 aliphatic rings. The van der Waals surface area contributed by atoms with Crippen LogP contribution in [0, 0.1) is 6.92 Å². The van der Waals surface area contributed by atoms with E-state index >= 15 is 0 Å². The van der Waals surface area contributed by atoms with E-state index in [1.807, 2.05) is 35.7 Å². The molecule has 5 heteroatoms. The molecule has 0 aliphatic heterocycles. The summed E-state index contributed by atoms with van der Waals surface area (Å²) in [6.07, 6.45) is 4.15. The molecule has 0 unspecified atom stereocenters. The quantitative estimate of drug-likeness (QED) is 0.560. The van der Waals surface area contributed by atoms with Crippen molar-refractivity contribution in [2.24, 2.45) is 0 Å². The summed E-state index contributed by atoms with van der Waals surface area (Å²) in [5.41, 5.74) is 3.25. The van der Waals surface area contributed by atoms with Gasteiger partial charge in [0.15, 0.2) is 0 Å². The molecule has 0 saturated heterocycles. The van der Waals surface area contributed by atoms with Gasteiger partial charge in [-0.1, -0.05) is 48.4 Å². The van der Waals surface area contributed by atoms with Gasteiger partial charge in [-0.25, -0.2) is 9.50 Å². The third-order valence-corrected chi connectivity index (χ3v) is 4.22. The van der Waals surface area contributed by atoms with Crippen molar-refractivity contribution in [3.05, 3.63) is 64.7 Å². The topological polar surface area (TPSA) is 39.4 Å². The molecule has 0 atom stereocenters. The zero-order valence-corrected chi connectivity index (χ0v) is 14.7. The van der Waals surface area contributed by atoms with Gasteiger partial charge in [0, 0.05) is 13.0 Å². The van der Waals surface area contributed by atoms with Gasteiger partial charge in [-0.2, -0.15) is 5.10 Å². The van der Waals surface area contributed by atoms with Crippen molar-refractivity contribution < 1.29 is 4.74 Å². The van der Waals surface area contributed by atoms with E-state index in [0.29, 0.717) is 11.8 Å². The molecular formula is C19H22ClN3O. The van der Waals surface area contributed by atoms with E-state index < -0.39 is 0 Å². The molecule has 2 aromatic heterocycles. The van der Waals surface area contributed by atoms with Gasteiger partial charge in [0.25, 0.3) is 0 Å². The fourth-order valence-electron chi connectivity index (χ4n) is 2.76. The van der Waals surface area contributed by atoms with Crippen LogP contribution in [0.25, 0.3) is 5.52 Å². The van der Waals surface area contributed by atoms with Gasteiger partial charge in [-0.15, -0.1) is 0 Å². The summed E-state index contributed by atoms with van der Waals surface area (Å²) >= 11 is 5.99. The summed E-state index contributed by atoms with van der Waals surface area (Å²) in [6.45, 7) is 3.49. The minimum atomic E-state index is 0.496. The van der Waals surface area contributed by atoms with Crippen LogP contribution in [0.1, 0.15) is 36.3 Å². The SMILES string of the molecule is Cc1nc(CCCCCOCc2ccccc2)n2nc(Cl)ccc12. The van der Waals surface area contributed by atoms with Gasteiger partial charge in [-0.3, -0.25) is 0 Å². The Morgan fingerprint density at radius 1 is 1.04 bits per heavy atom. The maximum absolute atomic E-state index is 5.99. The van der Waals surface area contributed by atoms with Crippen molar-refractivity contribution in [3.63, 3.8) is 0 Å². The number of fused-ring (bicyclic) bond motifs is 1. The van der Waals surface area contributed by atoms with Crippen LogP contribution < -0.4 is 0 Å². The Kier molecular flexibility index (Phi) is 5.83. The largest absolute Gasteiger partial charge is 0.377 e. The number of imidazole rings is 1. The summed E-state index contributed by atoms with van der Waals surface area (Å²) < 4.78 is 7.58. The van der Waals surface area contributed by atoms with E-state index in [0.717, 1.165) is 49.3 Å². The van der Waals surface area contributed by atoms with E-state index in [-0.39, 0.29) is 0 Å². The summed E-state index contributed by atoms with van der Waals surface area (Å²) in [5.74, 6) is 0.982. The molecule has 126 valence electrons. The summed E-state index contributed by atoms with van der Waals surface area (Å²) in [6, 6.07) is 14.0. The molecule has 4 nitrogen and oxygen atoms in total. The van der Waals surface area contributed by atoms with Crippen molar-refractivity contribution in [2.75, 3.05) is 6.61 Å². The number of halogens is 1. The standard InChI is InChI=1S/C19H22ClN3O/c1-15-17-11-12-18(20)22-23(17)19(21-15)10-6-3-7-13-24-14-16-8-4-2-5-9-16/h2,4-5,8-9,11-12H,3,6-7,10,13-14H2,1H3. The number of rotatable bonds is 8. The number of hydrogen-bond acceptors (Lipinski definition) is 3. The van der Waals surface area contributed by atoms with E-state index in [1.165, 1.54) is 5.56 Å². The highest BCUT2D eigenvalue weighted by Gasteiger charge is 2.09. The summed E-state index contributed by atoms with van der Waals surface area (Å²) in [7, 11) is 0. The molecule has 0 saturated carbocycles. The second-order valence-corrected chi connectivity index (χ2v) is 6.30. The van der Waals surface area contributed by atoms with Gasteiger partial charge >= 0.3 is 0 Å². The number of benzene rings is 1. The predicted octanol–water partition coefficient (Wildman–Crippen LogP) is 4.62. The van der Waals surface area contributed by atoms with Gasteiger partial charge in [0.1, 0.15) is 11.0 Å². The lowest BCUT2D eigenvalue weighted by molar-refractivity contribution is 0.117. The Labute approximate surface area is 147 Å². The molecule has 0 amide bonds. The molecule has 1 aromatic carbocycles. The number of aromatic nitrogens is 3. The zero-order valence-electron chi connectivity index (χ0n) is 13.9. The number of hydrogen-bond donors (Lipinski definition) is 0. The molecule has 0 N–H and O–H groups in total. The Morgan fingerprint density at radius 2 is 1.88 bits per heavy atom. The Morgan fingerprint density at radius 3 is 2.71 bits per heavy atom. The number of unbranched alkanes of at least 4 members (excludes halogenated alkanes) is 2. The maximum atomic E-state index is 5.99. The first kappa shape index (κ1) is 16.9. The van der Waals surface area contributed by atoms with E-state index in [1.54, 1.807) is 6.07 Å². The number of aryl methyl sites for hydroxylation is 2. The molecule has 0 aliphatic carbocycles. The molecule has 0 radical (unpaired) electrons. The average Bonchev–Trinajstić information content (AvgIpc) is 2.90. The Hall–Kier alpha value is -1.91. The molecule has 3 rings (SSSR count). The van der Waals surface area contributed by atoms with Crippen LogP contribution in [0.15, 0.2) is 42.5 Å². The first-order valence-corrected chi connectivity index (χ1v) is 8.74. The molecule has 0 bridgehead atoms. The fourth-order valence-corrected chi connectivity index (χ4v) is 2.90. The Balaban J connectivity index is 1.40. The van der Waals surface area contributed by atoms with Crippen LogP contribution in [0.3, 0.4) is 0 Å². The van der Waals surface area contributed by atoms with Crippen LogP contribution in [-0.4, -0.2) is 21.2 Å². The molecule has 0 spiro atoms. The number of ether oxygens (including phenoxy) is 1. The van der Waals surface area contributed by atoms with Gasteiger partial charge in [0.05, 0.1) is 17.8 Å². The number of nitrogens with zero attached hydrogens (tertiary/aromatic N) is 3. The third kappa shape index (κ3) is 4.34. The lowest BCUT2D eigenvalue weighted by Gasteiger charge is -2.04. The minimum absolute atomic E-state index is 0.496. The maximum Gasteiger partial charge on any atom is 0.150 e. The highest BCUT2D eigenvalue weighted by molar-refractivity contribution is 6.29. The smallest absolute Gasteiger partial charge is 0.150 e. The van der Waals surface area contributed by atoms with Crippen LogP contribution >= 0.6 is 11.6 Å². The minimum Gasteiger partial charge on any atom is -0.377 e. The van der Waals surface area contributed by atoms with Crippen molar-refractivity contribution in [3.8, 4) is 0 Å². The van der Waals surface area contributed by atoms with Crippen molar-refractivity contribution in [2.45, 2.75) is 39.2 Å². The van der Waals surface area contributed by atoms with E-state index in [9.17, 15) is 0 Å². The fraction of sp³-hybridized carbons (Fsp3) is 0.368. The molecular weight excluding hydrogens is 322 g/mol. The van der Waals surface area contributed by atoms with Crippen molar-refractivity contribution in [1.29, 1.82) is 0 Å². The second kappa shape index (κ2) is 8.27. The monoisotopic (exact) mass is 343 g/mol. The summed E-state index contributed by atoms with van der Waals surface area (Å²) in [4.78, 5) is 4.62. The van der Waals surface area contributed by atoms with Gasteiger partial charge in [0.2, 0.25) is 0 Å². The van der Waals surface area contributed by atoms with Crippen LogP contribution in [0.4, 0.5) is 0 Å². The second-order valence-electron chi connectivity index (χ2n) is 5.92. The average molecular weight is 344 g/mol. The Bertz CT molecular complexity index is 786. The molecule has 2 heterocycles. The van der Waals surface area contributed by atoms with Crippen molar-refractivity contribution >= 4 is 17.1 Å². The highest BCUT2D eigenvalue weighted by Crippen LogP contribution is 2.15. The zero-order chi connectivity index (χ0) is 16.8. The lowest BCUT2D eigenvalue weighted by Crippen LogP contribution is -2.00.